The molecule has 2 unspecified atom stereocenters. The normalized spacial score (nSPS) is 21.0. The van der Waals surface area contributed by atoms with E-state index in [9.17, 15) is 24.4 Å². The molecule has 0 aromatic carbocycles. The number of fused-ring (bicyclic) bond motifs is 1. The number of anilines is 1. The van der Waals surface area contributed by atoms with E-state index in [1.165, 1.54) is 92.3 Å². The lowest BCUT2D eigenvalue weighted by molar-refractivity contribution is -0.174. The first-order valence-electron chi connectivity index (χ1n) is 15.9. The number of hydrogen-bond acceptors (Lipinski definition) is 12. The summed E-state index contributed by atoms with van der Waals surface area (Å²) in [6.45, 7) is 5.52. The highest BCUT2D eigenvalue weighted by Gasteiger charge is 2.57. The average molecular weight is 666 g/mol. The van der Waals surface area contributed by atoms with E-state index in [2.05, 4.69) is 29.0 Å². The first-order chi connectivity index (χ1) is 21.8. The fourth-order valence-electron chi connectivity index (χ4n) is 5.40. The molecule has 4 N–H and O–H groups in total. The van der Waals surface area contributed by atoms with Gasteiger partial charge in [-0.05, 0) is 6.42 Å². The van der Waals surface area contributed by atoms with Crippen LogP contribution in [0.15, 0.2) is 23.2 Å². The summed E-state index contributed by atoms with van der Waals surface area (Å²) in [5, 5.41) is 16.1. The summed E-state index contributed by atoms with van der Waals surface area (Å²) in [6, 6.07) is -0.875. The fraction of sp³-hybridized carbons (Fsp3) is 0.677. The first-order valence-corrected chi connectivity index (χ1v) is 17.8. The van der Waals surface area contributed by atoms with E-state index >= 15 is 0 Å². The van der Waals surface area contributed by atoms with E-state index in [1.54, 1.807) is 0 Å². The lowest BCUT2D eigenvalue weighted by Crippen LogP contribution is -2.73. The van der Waals surface area contributed by atoms with Crippen LogP contribution in [0.2, 0.25) is 0 Å². The van der Waals surface area contributed by atoms with Gasteiger partial charge in [0.25, 0.3) is 5.91 Å². The van der Waals surface area contributed by atoms with Crippen molar-refractivity contribution in [3.8, 4) is 0 Å². The number of carbonyl (C=O) groups excluding carboxylic acids is 4. The first kappa shape index (κ1) is 36.3. The highest BCUT2D eigenvalue weighted by molar-refractivity contribution is 8.00. The van der Waals surface area contributed by atoms with Crippen molar-refractivity contribution in [1.82, 2.24) is 15.2 Å². The van der Waals surface area contributed by atoms with Crippen molar-refractivity contribution < 1.29 is 33.9 Å². The summed E-state index contributed by atoms with van der Waals surface area (Å²) in [5.41, 5.74) is 4.13. The van der Waals surface area contributed by atoms with Gasteiger partial charge in [0.1, 0.15) is 22.5 Å². The van der Waals surface area contributed by atoms with Crippen molar-refractivity contribution in [3.05, 3.63) is 23.7 Å². The molecule has 0 aliphatic carbocycles. The maximum Gasteiger partial charge on any atom is 0.321 e. The molecule has 250 valence electrons. The maximum atomic E-state index is 13.0. The zero-order valence-electron chi connectivity index (χ0n) is 26.2. The van der Waals surface area contributed by atoms with E-state index in [-0.39, 0.29) is 35.3 Å². The summed E-state index contributed by atoms with van der Waals surface area (Å²) >= 11 is 2.37. The number of nitrogen functional groups attached to an aromatic ring is 1. The number of esters is 2. The highest BCUT2D eigenvalue weighted by Crippen LogP contribution is 2.43. The molecule has 3 rings (SSSR count). The van der Waals surface area contributed by atoms with Crippen molar-refractivity contribution in [2.45, 2.75) is 108 Å². The Morgan fingerprint density at radius 3 is 2.29 bits per heavy atom. The molecule has 1 aromatic rings. The van der Waals surface area contributed by atoms with E-state index in [0.29, 0.717) is 0 Å². The van der Waals surface area contributed by atoms with Crippen LogP contribution < -0.4 is 11.1 Å². The number of thioether (sulfide) groups is 1. The second-order valence-electron chi connectivity index (χ2n) is 11.6. The zero-order valence-corrected chi connectivity index (χ0v) is 27.8. The predicted molar refractivity (Wildman–Crippen MR) is 175 cm³/mol. The van der Waals surface area contributed by atoms with Gasteiger partial charge in [0.05, 0.1) is 0 Å². The van der Waals surface area contributed by atoms with Gasteiger partial charge in [0.15, 0.2) is 10.8 Å². The van der Waals surface area contributed by atoms with Gasteiger partial charge >= 0.3 is 11.9 Å². The molecule has 0 saturated carbocycles. The molecule has 12 nitrogen and oxygen atoms in total. The Morgan fingerprint density at radius 1 is 1.11 bits per heavy atom. The Labute approximate surface area is 273 Å². The van der Waals surface area contributed by atoms with Gasteiger partial charge in [-0.2, -0.15) is 0 Å². The molecule has 2 aliphatic rings. The number of oxime groups is 1. The van der Waals surface area contributed by atoms with Crippen LogP contribution in [0.4, 0.5) is 5.13 Å². The zero-order chi connectivity index (χ0) is 32.7. The molecule has 3 atom stereocenters. The van der Waals surface area contributed by atoms with Crippen molar-refractivity contribution >= 4 is 57.7 Å². The molecule has 0 spiro atoms. The molecule has 2 aliphatic heterocycles. The van der Waals surface area contributed by atoms with Crippen LogP contribution in [0.5, 0.6) is 0 Å². The number of unbranched alkanes of at least 4 members (excludes halogenated alkanes) is 12. The SMILES string of the molecule is C=CC1(C(=O)OCOC(=O)CCCCCCCCCCCCCCC)CS[C@@H]2C(NC(=O)C(=NO)c3csc(N)n3)C(=O)N2C1. The monoisotopic (exact) mass is 665 g/mol. The van der Waals surface area contributed by atoms with Gasteiger partial charge < -0.3 is 30.6 Å². The highest BCUT2D eigenvalue weighted by atomic mass is 32.2. The Morgan fingerprint density at radius 2 is 1.73 bits per heavy atom. The van der Waals surface area contributed by atoms with Crippen molar-refractivity contribution in [2.24, 2.45) is 10.6 Å². The summed E-state index contributed by atoms with van der Waals surface area (Å²) < 4.78 is 10.4. The Hall–Kier alpha value is -3.13. The number of carbonyl (C=O) groups is 4. The van der Waals surface area contributed by atoms with E-state index < -0.39 is 47.4 Å². The summed E-state index contributed by atoms with van der Waals surface area (Å²) in [5.74, 6) is -2.00. The smallest absolute Gasteiger partial charge is 0.321 e. The number of nitrogens with one attached hydrogen (secondary N) is 1. The quantitative estimate of drug-likeness (QED) is 0.0237. The van der Waals surface area contributed by atoms with Gasteiger partial charge in [0.2, 0.25) is 12.7 Å². The molecular formula is C31H47N5O7S2. The fourth-order valence-corrected chi connectivity index (χ4v) is 7.47. The van der Waals surface area contributed by atoms with E-state index in [0.717, 1.165) is 30.6 Å². The summed E-state index contributed by atoms with van der Waals surface area (Å²) in [7, 11) is 0. The number of nitrogens with two attached hydrogens (primary N) is 1. The van der Waals surface area contributed by atoms with Crippen LogP contribution in [0, 0.1) is 5.41 Å². The van der Waals surface area contributed by atoms with Gasteiger partial charge in [-0.25, -0.2) is 4.98 Å². The molecule has 2 fully saturated rings. The van der Waals surface area contributed by atoms with Gasteiger partial charge in [-0.15, -0.1) is 29.7 Å². The average Bonchev–Trinajstić information content (AvgIpc) is 3.47. The summed E-state index contributed by atoms with van der Waals surface area (Å²) in [6.07, 6.45) is 17.5. The Kier molecular flexibility index (Phi) is 15.1. The van der Waals surface area contributed by atoms with Crippen LogP contribution in [0.3, 0.4) is 0 Å². The van der Waals surface area contributed by atoms with E-state index in [1.807, 2.05) is 0 Å². The number of ether oxygens (including phenoxy) is 2. The second-order valence-corrected chi connectivity index (χ2v) is 13.6. The van der Waals surface area contributed by atoms with E-state index in [4.69, 9.17) is 15.2 Å². The van der Waals surface area contributed by atoms with Gasteiger partial charge in [-0.3, -0.25) is 19.2 Å². The minimum atomic E-state index is -1.19. The van der Waals surface area contributed by atoms with Gasteiger partial charge in [-0.1, -0.05) is 95.2 Å². The number of aromatic nitrogens is 1. The molecule has 14 heteroatoms. The number of thiazole rings is 1. The second kappa shape index (κ2) is 18.7. The molecule has 1 aromatic heterocycles. The third-order valence-electron chi connectivity index (χ3n) is 8.16. The largest absolute Gasteiger partial charge is 0.428 e. The van der Waals surface area contributed by atoms with Crippen LogP contribution in [-0.2, 0) is 28.7 Å². The molecule has 2 amide bonds. The van der Waals surface area contributed by atoms with Crippen molar-refractivity contribution in [1.29, 1.82) is 0 Å². The molecular weight excluding hydrogens is 619 g/mol. The minimum Gasteiger partial charge on any atom is -0.428 e. The topological polar surface area (TPSA) is 174 Å². The Balaban J connectivity index is 1.29. The predicted octanol–water partition coefficient (Wildman–Crippen LogP) is 5.00. The number of amides is 2. The minimum absolute atomic E-state index is 0.00861. The van der Waals surface area contributed by atoms with Gasteiger partial charge in [0, 0.05) is 24.1 Å². The molecule has 0 bridgehead atoms. The number of rotatable bonds is 21. The lowest BCUT2D eigenvalue weighted by atomic mass is 9.87. The lowest BCUT2D eigenvalue weighted by Gasteiger charge is -2.53. The number of nitrogens with zero attached hydrogens (tertiary/aromatic N) is 3. The van der Waals surface area contributed by atoms with Crippen LogP contribution in [0.25, 0.3) is 0 Å². The molecule has 0 radical (unpaired) electrons. The van der Waals surface area contributed by atoms with Crippen LogP contribution in [0.1, 0.15) is 103 Å². The van der Waals surface area contributed by atoms with Crippen molar-refractivity contribution in [3.63, 3.8) is 0 Å². The summed E-state index contributed by atoms with van der Waals surface area (Å²) in [4.78, 5) is 56.1. The molecule has 2 saturated heterocycles. The Bertz CT molecular complexity index is 1190. The van der Waals surface area contributed by atoms with Crippen molar-refractivity contribution in [2.75, 3.05) is 24.8 Å². The van der Waals surface area contributed by atoms with Crippen LogP contribution in [-0.4, -0.2) is 75.1 Å². The number of hydrogen-bond donors (Lipinski definition) is 3. The molecule has 45 heavy (non-hydrogen) atoms. The molecule has 3 heterocycles. The standard InChI is InChI=1S/C31H47N5O7S2/c1-3-5-6-7-8-9-10-11-12-13-14-15-16-17-23(37)42-21-43-29(40)31(4-2)19-36-27(39)25(28(36)45-20-31)34-26(38)24(35-41)22-18-44-30(32)33-22/h4,18,25,28,41H,2-3,5-17,19-21H2,1H3,(H2,32,33)(H,34,38)/t25?,28-,31?/m1/s1. The number of β-lactam (4-membered cyclic amide) rings is 1. The third kappa shape index (κ3) is 10.5. The third-order valence-corrected chi connectivity index (χ3v) is 10.4. The van der Waals surface area contributed by atoms with Crippen LogP contribution >= 0.6 is 23.1 Å². The maximum absolute atomic E-state index is 13.0.